The summed E-state index contributed by atoms with van der Waals surface area (Å²) >= 11 is 0. The molecule has 26 heavy (non-hydrogen) atoms. The van der Waals surface area contributed by atoms with Crippen molar-refractivity contribution in [3.63, 3.8) is 0 Å². The van der Waals surface area contributed by atoms with E-state index in [4.69, 9.17) is 4.74 Å². The van der Waals surface area contributed by atoms with E-state index in [1.807, 2.05) is 24.3 Å². The van der Waals surface area contributed by atoms with E-state index in [0.717, 1.165) is 24.2 Å². The number of hydrogen-bond acceptors (Lipinski definition) is 4. The molecule has 1 heterocycles. The van der Waals surface area contributed by atoms with Gasteiger partial charge in [0.1, 0.15) is 5.75 Å². The molecule has 0 aromatic heterocycles. The maximum atomic E-state index is 12.5. The number of hydrogen-bond donors (Lipinski definition) is 0. The normalized spacial score (nSPS) is 15.4. The standard InChI is InChI=1S/C20H21NO4S/c1-25-18-6-4-5-16(15-18)7-12-20(22)17-8-10-19(11-9-17)26(23,24)21-13-2-3-14-21/h4-12,15H,2-3,13-14H2,1H3/b12-7+. The summed E-state index contributed by atoms with van der Waals surface area (Å²) in [5.74, 6) is 0.536. The Hall–Kier alpha value is -2.44. The maximum absolute atomic E-state index is 12.5. The number of rotatable bonds is 6. The zero-order valence-electron chi connectivity index (χ0n) is 14.6. The molecule has 1 saturated heterocycles. The van der Waals surface area contributed by atoms with E-state index in [1.165, 1.54) is 22.5 Å². The number of ether oxygens (including phenoxy) is 1. The van der Waals surface area contributed by atoms with Gasteiger partial charge in [0, 0.05) is 18.7 Å². The predicted octanol–water partition coefficient (Wildman–Crippen LogP) is 3.38. The highest BCUT2D eigenvalue weighted by atomic mass is 32.2. The van der Waals surface area contributed by atoms with E-state index < -0.39 is 10.0 Å². The fraction of sp³-hybridized carbons (Fsp3) is 0.250. The zero-order chi connectivity index (χ0) is 18.6. The smallest absolute Gasteiger partial charge is 0.243 e. The monoisotopic (exact) mass is 371 g/mol. The van der Waals surface area contributed by atoms with Crippen LogP contribution in [0.4, 0.5) is 0 Å². The topological polar surface area (TPSA) is 63.7 Å². The molecule has 3 rings (SSSR count). The van der Waals surface area contributed by atoms with Crippen molar-refractivity contribution in [2.75, 3.05) is 20.2 Å². The van der Waals surface area contributed by atoms with E-state index in [0.29, 0.717) is 18.7 Å². The van der Waals surface area contributed by atoms with Crippen LogP contribution in [0.25, 0.3) is 6.08 Å². The van der Waals surface area contributed by atoms with Gasteiger partial charge >= 0.3 is 0 Å². The van der Waals surface area contributed by atoms with Crippen molar-refractivity contribution in [1.82, 2.24) is 4.31 Å². The van der Waals surface area contributed by atoms with Gasteiger partial charge in [0.05, 0.1) is 12.0 Å². The Bertz CT molecular complexity index is 911. The molecule has 0 atom stereocenters. The molecule has 0 unspecified atom stereocenters. The minimum absolute atomic E-state index is 0.182. The van der Waals surface area contributed by atoms with Gasteiger partial charge in [-0.1, -0.05) is 18.2 Å². The largest absolute Gasteiger partial charge is 0.497 e. The van der Waals surface area contributed by atoms with E-state index in [9.17, 15) is 13.2 Å². The summed E-state index contributed by atoms with van der Waals surface area (Å²) in [5, 5.41) is 0. The molecule has 0 spiro atoms. The zero-order valence-corrected chi connectivity index (χ0v) is 15.4. The summed E-state index contributed by atoms with van der Waals surface area (Å²) in [7, 11) is -1.86. The second kappa shape index (κ2) is 7.85. The highest BCUT2D eigenvalue weighted by Crippen LogP contribution is 2.21. The van der Waals surface area contributed by atoms with E-state index in [2.05, 4.69) is 0 Å². The number of ketones is 1. The molecule has 0 N–H and O–H groups in total. The molecule has 2 aromatic carbocycles. The first kappa shape index (κ1) is 18.4. The number of methoxy groups -OCH3 is 1. The number of carbonyl (C=O) groups excluding carboxylic acids is 1. The molecule has 0 saturated carbocycles. The van der Waals surface area contributed by atoms with Crippen LogP contribution in [-0.4, -0.2) is 38.7 Å². The molecule has 0 amide bonds. The van der Waals surface area contributed by atoms with Crippen molar-refractivity contribution in [1.29, 1.82) is 0 Å². The lowest BCUT2D eigenvalue weighted by atomic mass is 10.1. The second-order valence-corrected chi connectivity index (χ2v) is 8.05. The van der Waals surface area contributed by atoms with Crippen LogP contribution < -0.4 is 4.74 Å². The lowest BCUT2D eigenvalue weighted by Crippen LogP contribution is -2.27. The van der Waals surface area contributed by atoms with Crippen molar-refractivity contribution in [3.05, 3.63) is 65.7 Å². The van der Waals surface area contributed by atoms with Crippen LogP contribution in [0.3, 0.4) is 0 Å². The highest BCUT2D eigenvalue weighted by Gasteiger charge is 2.26. The van der Waals surface area contributed by atoms with Gasteiger partial charge in [-0.25, -0.2) is 8.42 Å². The maximum Gasteiger partial charge on any atom is 0.243 e. The number of allylic oxidation sites excluding steroid dienone is 1. The molecule has 6 heteroatoms. The minimum Gasteiger partial charge on any atom is -0.497 e. The van der Waals surface area contributed by atoms with Crippen LogP contribution in [0.1, 0.15) is 28.8 Å². The van der Waals surface area contributed by atoms with Crippen molar-refractivity contribution < 1.29 is 17.9 Å². The number of sulfonamides is 1. The Labute approximate surface area is 154 Å². The van der Waals surface area contributed by atoms with Gasteiger partial charge in [0.15, 0.2) is 5.78 Å². The summed E-state index contributed by atoms with van der Waals surface area (Å²) in [5.41, 5.74) is 1.30. The van der Waals surface area contributed by atoms with Crippen molar-refractivity contribution in [3.8, 4) is 5.75 Å². The summed E-state index contributed by atoms with van der Waals surface area (Å²) in [6, 6.07) is 13.5. The molecule has 136 valence electrons. The fourth-order valence-electron chi connectivity index (χ4n) is 2.88. The van der Waals surface area contributed by atoms with Crippen molar-refractivity contribution in [2.24, 2.45) is 0 Å². The lowest BCUT2D eigenvalue weighted by molar-refractivity contribution is 0.104. The molecule has 5 nitrogen and oxygen atoms in total. The van der Waals surface area contributed by atoms with Gasteiger partial charge in [0.2, 0.25) is 10.0 Å². The predicted molar refractivity (Wildman–Crippen MR) is 101 cm³/mol. The summed E-state index contributed by atoms with van der Waals surface area (Å²) in [6.45, 7) is 1.12. The Morgan fingerprint density at radius 3 is 2.42 bits per heavy atom. The van der Waals surface area contributed by atoms with Gasteiger partial charge in [-0.05, 0) is 60.9 Å². The third kappa shape index (κ3) is 4.03. The summed E-state index contributed by atoms with van der Waals surface area (Å²) in [4.78, 5) is 12.5. The van der Waals surface area contributed by atoms with Gasteiger partial charge in [-0.15, -0.1) is 0 Å². The quantitative estimate of drug-likeness (QED) is 0.577. The molecular formula is C20H21NO4S. The Morgan fingerprint density at radius 2 is 1.77 bits per heavy atom. The highest BCUT2D eigenvalue weighted by molar-refractivity contribution is 7.89. The van der Waals surface area contributed by atoms with E-state index >= 15 is 0 Å². The first-order valence-electron chi connectivity index (χ1n) is 8.47. The number of nitrogens with zero attached hydrogens (tertiary/aromatic N) is 1. The minimum atomic E-state index is -3.45. The number of benzene rings is 2. The molecule has 0 bridgehead atoms. The molecule has 1 aliphatic rings. The second-order valence-electron chi connectivity index (χ2n) is 6.11. The van der Waals surface area contributed by atoms with Gasteiger partial charge in [0.25, 0.3) is 0 Å². The van der Waals surface area contributed by atoms with Crippen LogP contribution >= 0.6 is 0 Å². The molecule has 1 fully saturated rings. The molecule has 2 aromatic rings. The Kier molecular flexibility index (Phi) is 5.54. The third-order valence-electron chi connectivity index (χ3n) is 4.36. The molecule has 0 radical (unpaired) electrons. The lowest BCUT2D eigenvalue weighted by Gasteiger charge is -2.15. The van der Waals surface area contributed by atoms with Crippen LogP contribution in [0, 0.1) is 0 Å². The third-order valence-corrected chi connectivity index (χ3v) is 6.28. The fourth-order valence-corrected chi connectivity index (χ4v) is 4.40. The molecule has 1 aliphatic heterocycles. The van der Waals surface area contributed by atoms with Crippen molar-refractivity contribution in [2.45, 2.75) is 17.7 Å². The van der Waals surface area contributed by atoms with Crippen LogP contribution in [-0.2, 0) is 10.0 Å². The van der Waals surface area contributed by atoms with Crippen LogP contribution in [0.5, 0.6) is 5.75 Å². The SMILES string of the molecule is COc1cccc(/C=C/C(=O)c2ccc(S(=O)(=O)N3CCCC3)cc2)c1. The molecular weight excluding hydrogens is 350 g/mol. The van der Waals surface area contributed by atoms with Gasteiger partial charge in [-0.2, -0.15) is 4.31 Å². The molecule has 0 aliphatic carbocycles. The first-order valence-corrected chi connectivity index (χ1v) is 9.91. The van der Waals surface area contributed by atoms with Gasteiger partial charge < -0.3 is 4.74 Å². The van der Waals surface area contributed by atoms with E-state index in [-0.39, 0.29) is 10.7 Å². The van der Waals surface area contributed by atoms with Crippen molar-refractivity contribution >= 4 is 21.9 Å². The average molecular weight is 371 g/mol. The van der Waals surface area contributed by atoms with Crippen LogP contribution in [0.15, 0.2) is 59.5 Å². The first-order chi connectivity index (χ1) is 12.5. The Balaban J connectivity index is 1.73. The number of carbonyl (C=O) groups is 1. The summed E-state index contributed by atoms with van der Waals surface area (Å²) < 4.78 is 31.7. The van der Waals surface area contributed by atoms with Gasteiger partial charge in [-0.3, -0.25) is 4.79 Å². The Morgan fingerprint density at radius 1 is 1.08 bits per heavy atom. The van der Waals surface area contributed by atoms with Crippen LogP contribution in [0.2, 0.25) is 0 Å². The average Bonchev–Trinajstić information content (AvgIpc) is 3.22. The summed E-state index contributed by atoms with van der Waals surface area (Å²) in [6.07, 6.45) is 4.97. The van der Waals surface area contributed by atoms with E-state index in [1.54, 1.807) is 25.3 Å².